The highest BCUT2D eigenvalue weighted by Crippen LogP contribution is 2.21. The average molecular weight is 291 g/mol. The zero-order valence-electron chi connectivity index (χ0n) is 12.5. The number of amides is 1. The van der Waals surface area contributed by atoms with Crippen molar-refractivity contribution in [3.63, 3.8) is 0 Å². The molecule has 0 spiro atoms. The lowest BCUT2D eigenvalue weighted by Gasteiger charge is -2.32. The fourth-order valence-electron chi connectivity index (χ4n) is 2.59. The van der Waals surface area contributed by atoms with E-state index in [1.807, 2.05) is 11.9 Å². The SMILES string of the molecule is CNc1nc(N2CCCC2)nc(N2CCN(C)C(=O)C2)n1. The second-order valence-corrected chi connectivity index (χ2v) is 5.44. The first-order valence-corrected chi connectivity index (χ1v) is 7.35. The molecule has 0 unspecified atom stereocenters. The maximum absolute atomic E-state index is 11.9. The number of carbonyl (C=O) groups excluding carboxylic acids is 1. The van der Waals surface area contributed by atoms with Crippen LogP contribution in [0.2, 0.25) is 0 Å². The Morgan fingerprint density at radius 1 is 0.952 bits per heavy atom. The number of piperazine rings is 1. The Bertz CT molecular complexity index is 529. The number of nitrogens with one attached hydrogen (secondary N) is 1. The van der Waals surface area contributed by atoms with E-state index in [2.05, 4.69) is 25.2 Å². The number of hydrogen-bond acceptors (Lipinski definition) is 7. The van der Waals surface area contributed by atoms with Gasteiger partial charge in [-0.05, 0) is 12.8 Å². The molecule has 8 nitrogen and oxygen atoms in total. The van der Waals surface area contributed by atoms with Gasteiger partial charge in [0.25, 0.3) is 0 Å². The van der Waals surface area contributed by atoms with Gasteiger partial charge in [0.2, 0.25) is 23.8 Å². The van der Waals surface area contributed by atoms with Crippen molar-refractivity contribution in [2.75, 3.05) is 61.9 Å². The molecule has 21 heavy (non-hydrogen) atoms. The molecule has 2 aliphatic rings. The number of anilines is 3. The Morgan fingerprint density at radius 3 is 2.24 bits per heavy atom. The molecule has 2 fully saturated rings. The van der Waals surface area contributed by atoms with Crippen LogP contribution in [0.25, 0.3) is 0 Å². The average Bonchev–Trinajstić information content (AvgIpc) is 3.04. The van der Waals surface area contributed by atoms with Crippen LogP contribution in [0.5, 0.6) is 0 Å². The third-order valence-corrected chi connectivity index (χ3v) is 3.96. The lowest BCUT2D eigenvalue weighted by atomic mass is 10.3. The van der Waals surface area contributed by atoms with Gasteiger partial charge in [-0.2, -0.15) is 15.0 Å². The Labute approximate surface area is 124 Å². The van der Waals surface area contributed by atoms with Gasteiger partial charge in [0.05, 0.1) is 6.54 Å². The number of rotatable bonds is 3. The van der Waals surface area contributed by atoms with Crippen LogP contribution >= 0.6 is 0 Å². The molecule has 1 aromatic heterocycles. The molecule has 1 aromatic rings. The van der Waals surface area contributed by atoms with Gasteiger partial charge in [-0.15, -0.1) is 0 Å². The summed E-state index contributed by atoms with van der Waals surface area (Å²) in [6, 6.07) is 0. The highest BCUT2D eigenvalue weighted by molar-refractivity contribution is 5.82. The summed E-state index contributed by atoms with van der Waals surface area (Å²) in [6.45, 7) is 3.72. The first-order valence-electron chi connectivity index (χ1n) is 7.35. The van der Waals surface area contributed by atoms with Gasteiger partial charge < -0.3 is 20.0 Å². The van der Waals surface area contributed by atoms with E-state index in [4.69, 9.17) is 0 Å². The topological polar surface area (TPSA) is 77.5 Å². The summed E-state index contributed by atoms with van der Waals surface area (Å²) < 4.78 is 0. The summed E-state index contributed by atoms with van der Waals surface area (Å²) in [5, 5.41) is 2.98. The van der Waals surface area contributed by atoms with E-state index in [0.717, 1.165) is 19.6 Å². The fourth-order valence-corrected chi connectivity index (χ4v) is 2.59. The van der Waals surface area contributed by atoms with Crippen molar-refractivity contribution in [3.05, 3.63) is 0 Å². The van der Waals surface area contributed by atoms with Gasteiger partial charge in [-0.25, -0.2) is 0 Å². The van der Waals surface area contributed by atoms with E-state index in [-0.39, 0.29) is 5.91 Å². The normalized spacial score (nSPS) is 19.3. The number of aromatic nitrogens is 3. The lowest BCUT2D eigenvalue weighted by Crippen LogP contribution is -2.49. The zero-order valence-corrected chi connectivity index (χ0v) is 12.5. The van der Waals surface area contributed by atoms with Crippen molar-refractivity contribution < 1.29 is 4.79 Å². The van der Waals surface area contributed by atoms with Crippen molar-refractivity contribution in [1.82, 2.24) is 19.9 Å². The van der Waals surface area contributed by atoms with Crippen molar-refractivity contribution in [2.45, 2.75) is 12.8 Å². The predicted octanol–water partition coefficient (Wildman–Crippen LogP) is -0.208. The summed E-state index contributed by atoms with van der Waals surface area (Å²) in [4.78, 5) is 31.1. The van der Waals surface area contributed by atoms with Gasteiger partial charge in [0.1, 0.15) is 0 Å². The molecular formula is C13H21N7O. The molecule has 3 rings (SSSR count). The van der Waals surface area contributed by atoms with Crippen molar-refractivity contribution in [3.8, 4) is 0 Å². The Hall–Kier alpha value is -2.12. The van der Waals surface area contributed by atoms with Gasteiger partial charge in [0, 0.05) is 40.3 Å². The summed E-state index contributed by atoms with van der Waals surface area (Å²) in [5.41, 5.74) is 0. The Balaban J connectivity index is 1.87. The number of hydrogen-bond donors (Lipinski definition) is 1. The molecule has 0 aromatic carbocycles. The van der Waals surface area contributed by atoms with E-state index < -0.39 is 0 Å². The van der Waals surface area contributed by atoms with Crippen LogP contribution in [0.1, 0.15) is 12.8 Å². The quantitative estimate of drug-likeness (QED) is 0.825. The van der Waals surface area contributed by atoms with E-state index in [1.165, 1.54) is 12.8 Å². The molecule has 0 aliphatic carbocycles. The summed E-state index contributed by atoms with van der Waals surface area (Å²) >= 11 is 0. The lowest BCUT2D eigenvalue weighted by molar-refractivity contribution is -0.129. The third-order valence-electron chi connectivity index (χ3n) is 3.96. The monoisotopic (exact) mass is 291 g/mol. The predicted molar refractivity (Wildman–Crippen MR) is 80.7 cm³/mol. The number of nitrogens with zero attached hydrogens (tertiary/aromatic N) is 6. The molecule has 2 aliphatic heterocycles. The van der Waals surface area contributed by atoms with E-state index in [9.17, 15) is 4.79 Å². The zero-order chi connectivity index (χ0) is 14.8. The highest BCUT2D eigenvalue weighted by atomic mass is 16.2. The minimum absolute atomic E-state index is 0.0930. The molecule has 114 valence electrons. The number of likely N-dealkylation sites (N-methyl/N-ethyl adjacent to an activating group) is 1. The molecule has 0 saturated carbocycles. The maximum Gasteiger partial charge on any atom is 0.242 e. The van der Waals surface area contributed by atoms with E-state index in [0.29, 0.717) is 30.9 Å². The standard InChI is InChI=1S/C13H21N7O/c1-14-11-15-12(19-5-3-4-6-19)17-13(16-11)20-8-7-18(2)10(21)9-20/h3-9H2,1-2H3,(H,14,15,16,17). The molecule has 0 bridgehead atoms. The summed E-state index contributed by atoms with van der Waals surface area (Å²) in [5.74, 6) is 1.93. The van der Waals surface area contributed by atoms with Gasteiger partial charge >= 0.3 is 0 Å². The Kier molecular flexibility index (Phi) is 3.76. The van der Waals surface area contributed by atoms with Crippen molar-refractivity contribution in [2.24, 2.45) is 0 Å². The van der Waals surface area contributed by atoms with E-state index >= 15 is 0 Å². The second kappa shape index (κ2) is 5.71. The number of carbonyl (C=O) groups is 1. The van der Waals surface area contributed by atoms with Crippen LogP contribution in [0, 0.1) is 0 Å². The van der Waals surface area contributed by atoms with E-state index in [1.54, 1.807) is 11.9 Å². The van der Waals surface area contributed by atoms with Crippen LogP contribution in [0.3, 0.4) is 0 Å². The fraction of sp³-hybridized carbons (Fsp3) is 0.692. The third kappa shape index (κ3) is 2.84. The summed E-state index contributed by atoms with van der Waals surface area (Å²) in [6.07, 6.45) is 2.34. The maximum atomic E-state index is 11.9. The van der Waals surface area contributed by atoms with Crippen molar-refractivity contribution >= 4 is 23.8 Å². The summed E-state index contributed by atoms with van der Waals surface area (Å²) in [7, 11) is 3.61. The molecular weight excluding hydrogens is 270 g/mol. The van der Waals surface area contributed by atoms with Crippen LogP contribution < -0.4 is 15.1 Å². The molecule has 0 radical (unpaired) electrons. The largest absolute Gasteiger partial charge is 0.357 e. The Morgan fingerprint density at radius 2 is 1.62 bits per heavy atom. The first-order chi connectivity index (χ1) is 10.2. The van der Waals surface area contributed by atoms with Gasteiger partial charge in [0.15, 0.2) is 0 Å². The molecule has 2 saturated heterocycles. The second-order valence-electron chi connectivity index (χ2n) is 5.44. The minimum atomic E-state index is 0.0930. The molecule has 0 atom stereocenters. The molecule has 3 heterocycles. The van der Waals surface area contributed by atoms with Crippen LogP contribution in [0.15, 0.2) is 0 Å². The van der Waals surface area contributed by atoms with Gasteiger partial charge in [-0.1, -0.05) is 0 Å². The van der Waals surface area contributed by atoms with Crippen LogP contribution in [-0.2, 0) is 4.79 Å². The highest BCUT2D eigenvalue weighted by Gasteiger charge is 2.25. The molecule has 1 N–H and O–H groups in total. The van der Waals surface area contributed by atoms with Crippen LogP contribution in [0.4, 0.5) is 17.8 Å². The van der Waals surface area contributed by atoms with Crippen LogP contribution in [-0.4, -0.2) is 72.6 Å². The molecule has 1 amide bonds. The van der Waals surface area contributed by atoms with Gasteiger partial charge in [-0.3, -0.25) is 4.79 Å². The first kappa shape index (κ1) is 13.8. The smallest absolute Gasteiger partial charge is 0.242 e. The van der Waals surface area contributed by atoms with Crippen molar-refractivity contribution in [1.29, 1.82) is 0 Å². The minimum Gasteiger partial charge on any atom is -0.357 e. The molecule has 8 heteroatoms.